The SMILES string of the molecule is COc1ccc(SC(C)C(=O)NCCC2CCN(C)CC2)cc1. The largest absolute Gasteiger partial charge is 0.497 e. The van der Waals surface area contributed by atoms with Gasteiger partial charge in [-0.3, -0.25) is 4.79 Å². The number of nitrogens with zero attached hydrogens (tertiary/aromatic N) is 1. The molecular weight excluding hydrogens is 308 g/mol. The van der Waals surface area contributed by atoms with Gasteiger partial charge in [0.1, 0.15) is 5.75 Å². The Morgan fingerprint density at radius 2 is 2.00 bits per heavy atom. The molecule has 1 fully saturated rings. The number of rotatable bonds is 7. The van der Waals surface area contributed by atoms with Crippen LogP contribution in [0.3, 0.4) is 0 Å². The Morgan fingerprint density at radius 3 is 2.61 bits per heavy atom. The molecule has 1 heterocycles. The minimum atomic E-state index is -0.0825. The summed E-state index contributed by atoms with van der Waals surface area (Å²) in [4.78, 5) is 15.7. The summed E-state index contributed by atoms with van der Waals surface area (Å²) < 4.78 is 5.15. The second-order valence-electron chi connectivity index (χ2n) is 6.26. The maximum atomic E-state index is 12.2. The van der Waals surface area contributed by atoms with E-state index in [1.807, 2.05) is 31.2 Å². The van der Waals surface area contributed by atoms with Gasteiger partial charge in [0, 0.05) is 11.4 Å². The van der Waals surface area contributed by atoms with E-state index >= 15 is 0 Å². The maximum Gasteiger partial charge on any atom is 0.233 e. The first kappa shape index (κ1) is 18.1. The third kappa shape index (κ3) is 6.07. The van der Waals surface area contributed by atoms with Crippen LogP contribution in [-0.2, 0) is 4.79 Å². The molecule has 0 bridgehead atoms. The first-order valence-electron chi connectivity index (χ1n) is 8.35. The van der Waals surface area contributed by atoms with Gasteiger partial charge in [-0.15, -0.1) is 11.8 Å². The summed E-state index contributed by atoms with van der Waals surface area (Å²) >= 11 is 1.58. The molecule has 23 heavy (non-hydrogen) atoms. The summed E-state index contributed by atoms with van der Waals surface area (Å²) in [5, 5.41) is 3.00. The molecule has 1 amide bonds. The third-order valence-corrected chi connectivity index (χ3v) is 5.54. The van der Waals surface area contributed by atoms with Crippen LogP contribution in [-0.4, -0.2) is 49.8 Å². The van der Waals surface area contributed by atoms with Crippen LogP contribution in [0.2, 0.25) is 0 Å². The molecule has 1 aromatic rings. The van der Waals surface area contributed by atoms with Crippen LogP contribution >= 0.6 is 11.8 Å². The topological polar surface area (TPSA) is 41.6 Å². The zero-order valence-electron chi connectivity index (χ0n) is 14.4. The Hall–Kier alpha value is -1.20. The van der Waals surface area contributed by atoms with Crippen molar-refractivity contribution in [3.05, 3.63) is 24.3 Å². The van der Waals surface area contributed by atoms with Gasteiger partial charge in [-0.2, -0.15) is 0 Å². The Balaban J connectivity index is 1.68. The van der Waals surface area contributed by atoms with Crippen LogP contribution in [0.5, 0.6) is 5.75 Å². The summed E-state index contributed by atoms with van der Waals surface area (Å²) in [5.41, 5.74) is 0. The number of carbonyl (C=O) groups is 1. The van der Waals surface area contributed by atoms with Gasteiger partial charge in [-0.1, -0.05) is 0 Å². The molecule has 1 aliphatic rings. The summed E-state index contributed by atoms with van der Waals surface area (Å²) in [7, 11) is 3.83. The molecule has 4 nitrogen and oxygen atoms in total. The number of ether oxygens (including phenoxy) is 1. The Kier molecular flexibility index (Phi) is 7.24. The van der Waals surface area contributed by atoms with E-state index in [9.17, 15) is 4.79 Å². The van der Waals surface area contributed by atoms with Crippen molar-refractivity contribution < 1.29 is 9.53 Å². The van der Waals surface area contributed by atoms with Gasteiger partial charge in [-0.05, 0) is 76.5 Å². The van der Waals surface area contributed by atoms with Crippen LogP contribution in [0.4, 0.5) is 0 Å². The van der Waals surface area contributed by atoms with Gasteiger partial charge in [0.2, 0.25) is 5.91 Å². The van der Waals surface area contributed by atoms with E-state index < -0.39 is 0 Å². The van der Waals surface area contributed by atoms with Crippen molar-refractivity contribution in [1.29, 1.82) is 0 Å². The lowest BCUT2D eigenvalue weighted by Gasteiger charge is -2.29. The summed E-state index contributed by atoms with van der Waals surface area (Å²) in [6.07, 6.45) is 3.60. The van der Waals surface area contributed by atoms with E-state index in [1.54, 1.807) is 18.9 Å². The fourth-order valence-electron chi connectivity index (χ4n) is 2.81. The molecule has 0 aliphatic carbocycles. The van der Waals surface area contributed by atoms with Crippen LogP contribution in [0.25, 0.3) is 0 Å². The molecule has 0 saturated carbocycles. The highest BCUT2D eigenvalue weighted by atomic mass is 32.2. The minimum absolute atomic E-state index is 0.0825. The highest BCUT2D eigenvalue weighted by Gasteiger charge is 2.18. The number of likely N-dealkylation sites (tertiary alicyclic amines) is 1. The van der Waals surface area contributed by atoms with Gasteiger partial charge in [0.05, 0.1) is 12.4 Å². The molecule has 1 saturated heterocycles. The zero-order valence-corrected chi connectivity index (χ0v) is 15.2. The minimum Gasteiger partial charge on any atom is -0.497 e. The molecule has 1 aliphatic heterocycles. The van der Waals surface area contributed by atoms with Crippen LogP contribution in [0.1, 0.15) is 26.2 Å². The molecule has 0 aromatic heterocycles. The lowest BCUT2D eigenvalue weighted by molar-refractivity contribution is -0.120. The first-order valence-corrected chi connectivity index (χ1v) is 9.23. The van der Waals surface area contributed by atoms with Crippen molar-refractivity contribution in [3.63, 3.8) is 0 Å². The summed E-state index contributed by atoms with van der Waals surface area (Å²) in [6, 6.07) is 7.83. The fourth-order valence-corrected chi connectivity index (χ4v) is 3.70. The molecule has 5 heteroatoms. The lowest BCUT2D eigenvalue weighted by atomic mass is 9.94. The normalized spacial score (nSPS) is 17.7. The van der Waals surface area contributed by atoms with E-state index in [1.165, 1.54) is 25.9 Å². The van der Waals surface area contributed by atoms with Crippen LogP contribution < -0.4 is 10.1 Å². The van der Waals surface area contributed by atoms with Crippen molar-refractivity contribution >= 4 is 17.7 Å². The average Bonchev–Trinajstić information content (AvgIpc) is 2.57. The van der Waals surface area contributed by atoms with Gasteiger partial charge < -0.3 is 15.0 Å². The number of piperidine rings is 1. The molecule has 0 radical (unpaired) electrons. The van der Waals surface area contributed by atoms with Crippen molar-refractivity contribution in [2.75, 3.05) is 33.8 Å². The predicted molar refractivity (Wildman–Crippen MR) is 96.2 cm³/mol. The lowest BCUT2D eigenvalue weighted by Crippen LogP contribution is -2.35. The number of nitrogens with one attached hydrogen (secondary N) is 1. The molecule has 2 rings (SSSR count). The molecule has 128 valence electrons. The van der Waals surface area contributed by atoms with Crippen molar-refractivity contribution in [2.45, 2.75) is 36.3 Å². The number of thioether (sulfide) groups is 1. The molecule has 1 N–H and O–H groups in total. The van der Waals surface area contributed by atoms with E-state index in [0.717, 1.165) is 29.5 Å². The summed E-state index contributed by atoms with van der Waals surface area (Å²) in [5.74, 6) is 1.72. The van der Waals surface area contributed by atoms with Gasteiger partial charge >= 0.3 is 0 Å². The van der Waals surface area contributed by atoms with Gasteiger partial charge in [-0.25, -0.2) is 0 Å². The van der Waals surface area contributed by atoms with Crippen LogP contribution in [0.15, 0.2) is 29.2 Å². The average molecular weight is 337 g/mol. The first-order chi connectivity index (χ1) is 11.1. The number of hydrogen-bond acceptors (Lipinski definition) is 4. The number of benzene rings is 1. The van der Waals surface area contributed by atoms with E-state index in [2.05, 4.69) is 17.3 Å². The standard InChI is InChI=1S/C18H28N2O2S/c1-14(23-17-6-4-16(22-3)5-7-17)18(21)19-11-8-15-9-12-20(2)13-10-15/h4-7,14-15H,8-13H2,1-3H3,(H,19,21). The number of amides is 1. The molecule has 1 unspecified atom stereocenters. The third-order valence-electron chi connectivity index (χ3n) is 4.43. The highest BCUT2D eigenvalue weighted by molar-refractivity contribution is 8.00. The van der Waals surface area contributed by atoms with E-state index in [0.29, 0.717) is 0 Å². The summed E-state index contributed by atoms with van der Waals surface area (Å²) in [6.45, 7) is 5.12. The zero-order chi connectivity index (χ0) is 16.7. The Bertz CT molecular complexity index is 484. The maximum absolute atomic E-state index is 12.2. The Morgan fingerprint density at radius 1 is 1.35 bits per heavy atom. The monoisotopic (exact) mass is 336 g/mol. The van der Waals surface area contributed by atoms with Gasteiger partial charge in [0.25, 0.3) is 0 Å². The molecular formula is C18H28N2O2S. The molecule has 1 aromatic carbocycles. The predicted octanol–water partition coefficient (Wildman–Crippen LogP) is 3.02. The van der Waals surface area contributed by atoms with Gasteiger partial charge in [0.15, 0.2) is 0 Å². The molecule has 0 spiro atoms. The van der Waals surface area contributed by atoms with Crippen LogP contribution in [0, 0.1) is 5.92 Å². The Labute approximate surface area is 144 Å². The van der Waals surface area contributed by atoms with E-state index in [4.69, 9.17) is 4.74 Å². The second kappa shape index (κ2) is 9.18. The van der Waals surface area contributed by atoms with Crippen molar-refractivity contribution in [2.24, 2.45) is 5.92 Å². The van der Waals surface area contributed by atoms with Crippen molar-refractivity contribution in [1.82, 2.24) is 10.2 Å². The number of carbonyl (C=O) groups excluding carboxylic acids is 1. The van der Waals surface area contributed by atoms with E-state index in [-0.39, 0.29) is 11.2 Å². The fraction of sp³-hybridized carbons (Fsp3) is 0.611. The second-order valence-corrected chi connectivity index (χ2v) is 7.68. The number of methoxy groups -OCH3 is 1. The quantitative estimate of drug-likeness (QED) is 0.777. The van der Waals surface area contributed by atoms with Crippen molar-refractivity contribution in [3.8, 4) is 5.75 Å². The molecule has 1 atom stereocenters. The number of hydrogen-bond donors (Lipinski definition) is 1. The smallest absolute Gasteiger partial charge is 0.233 e. The highest BCUT2D eigenvalue weighted by Crippen LogP contribution is 2.25.